The fraction of sp³-hybridized carbons (Fsp3) is 0.455. The zero-order valence-corrected chi connectivity index (χ0v) is 17.2. The Kier molecular flexibility index (Phi) is 8.12. The molecule has 0 unspecified atom stereocenters. The average molecular weight is 399 g/mol. The number of piperidine rings is 1. The topological polar surface area (TPSA) is 68.2 Å². The molecule has 1 saturated heterocycles. The van der Waals surface area contributed by atoms with E-state index in [1.54, 1.807) is 7.11 Å². The van der Waals surface area contributed by atoms with Gasteiger partial charge in [-0.1, -0.05) is 24.3 Å². The largest absolute Gasteiger partial charge is 0.490 e. The van der Waals surface area contributed by atoms with Crippen LogP contribution in [0.2, 0.25) is 0 Å². The number of nitrogens with one attached hydrogen (secondary N) is 1. The van der Waals surface area contributed by atoms with Crippen LogP contribution in [0.25, 0.3) is 0 Å². The number of ether oxygens (including phenoxy) is 3. The minimum absolute atomic E-state index is 0.251. The normalized spacial score (nSPS) is 15.2. The van der Waals surface area contributed by atoms with Crippen molar-refractivity contribution in [3.05, 3.63) is 54.2 Å². The third-order valence-corrected chi connectivity index (χ3v) is 4.78. The SMILES string of the molecule is CN=C(NCc1ccc(OCCOC)nc1)N1CCC(Oc2ccccc2)CC1. The Labute approximate surface area is 172 Å². The molecule has 0 atom stereocenters. The van der Waals surface area contributed by atoms with E-state index in [0.717, 1.165) is 43.2 Å². The Bertz CT molecular complexity index is 744. The maximum atomic E-state index is 6.08. The van der Waals surface area contributed by atoms with Crippen LogP contribution in [0, 0.1) is 0 Å². The number of aliphatic imine (C=N–C) groups is 1. The van der Waals surface area contributed by atoms with Gasteiger partial charge in [-0.25, -0.2) is 4.98 Å². The fourth-order valence-electron chi connectivity index (χ4n) is 3.22. The van der Waals surface area contributed by atoms with E-state index in [4.69, 9.17) is 14.2 Å². The van der Waals surface area contributed by atoms with Crippen molar-refractivity contribution in [1.82, 2.24) is 15.2 Å². The van der Waals surface area contributed by atoms with Gasteiger partial charge >= 0.3 is 0 Å². The van der Waals surface area contributed by atoms with Gasteiger partial charge in [0.25, 0.3) is 0 Å². The van der Waals surface area contributed by atoms with Crippen LogP contribution >= 0.6 is 0 Å². The molecule has 2 heterocycles. The molecule has 1 fully saturated rings. The first-order valence-corrected chi connectivity index (χ1v) is 10.0. The number of pyridine rings is 1. The fourth-order valence-corrected chi connectivity index (χ4v) is 3.22. The number of hydrogen-bond acceptors (Lipinski definition) is 5. The van der Waals surface area contributed by atoms with Crippen molar-refractivity contribution in [2.45, 2.75) is 25.5 Å². The van der Waals surface area contributed by atoms with Crippen molar-refractivity contribution in [2.24, 2.45) is 4.99 Å². The molecule has 1 aliphatic rings. The quantitative estimate of drug-likeness (QED) is 0.419. The molecule has 7 nitrogen and oxygen atoms in total. The van der Waals surface area contributed by atoms with Gasteiger partial charge in [0.05, 0.1) is 6.61 Å². The number of rotatable bonds is 8. The van der Waals surface area contributed by atoms with Crippen molar-refractivity contribution in [2.75, 3.05) is 40.5 Å². The third-order valence-electron chi connectivity index (χ3n) is 4.78. The molecule has 0 aliphatic carbocycles. The van der Waals surface area contributed by atoms with E-state index in [1.807, 2.05) is 55.7 Å². The number of para-hydroxylation sites is 1. The summed E-state index contributed by atoms with van der Waals surface area (Å²) in [5.74, 6) is 2.45. The molecule has 0 radical (unpaired) electrons. The number of aromatic nitrogens is 1. The Morgan fingerprint density at radius 2 is 1.93 bits per heavy atom. The van der Waals surface area contributed by atoms with Crippen molar-refractivity contribution in [3.63, 3.8) is 0 Å². The van der Waals surface area contributed by atoms with Crippen molar-refractivity contribution < 1.29 is 14.2 Å². The molecule has 1 N–H and O–H groups in total. The summed E-state index contributed by atoms with van der Waals surface area (Å²) in [6.07, 6.45) is 4.03. The number of likely N-dealkylation sites (tertiary alicyclic amines) is 1. The van der Waals surface area contributed by atoms with Gasteiger partial charge in [0.2, 0.25) is 5.88 Å². The summed E-state index contributed by atoms with van der Waals surface area (Å²) in [5.41, 5.74) is 1.08. The van der Waals surface area contributed by atoms with E-state index in [9.17, 15) is 0 Å². The summed E-state index contributed by atoms with van der Waals surface area (Å²) in [6.45, 7) is 3.55. The minimum Gasteiger partial charge on any atom is -0.490 e. The van der Waals surface area contributed by atoms with E-state index >= 15 is 0 Å². The van der Waals surface area contributed by atoms with Gasteiger partial charge in [0, 0.05) is 58.9 Å². The van der Waals surface area contributed by atoms with Crippen LogP contribution in [-0.2, 0) is 11.3 Å². The predicted octanol–water partition coefficient (Wildman–Crippen LogP) is 2.73. The second-order valence-corrected chi connectivity index (χ2v) is 6.86. The van der Waals surface area contributed by atoms with Crippen molar-refractivity contribution in [1.29, 1.82) is 0 Å². The van der Waals surface area contributed by atoms with Crippen LogP contribution in [0.3, 0.4) is 0 Å². The Morgan fingerprint density at radius 3 is 2.59 bits per heavy atom. The molecule has 0 amide bonds. The third kappa shape index (κ3) is 6.64. The molecular weight excluding hydrogens is 368 g/mol. The van der Waals surface area contributed by atoms with Gasteiger partial charge in [0.1, 0.15) is 18.5 Å². The van der Waals surface area contributed by atoms with E-state index in [1.165, 1.54) is 0 Å². The first kappa shape index (κ1) is 20.9. The molecule has 1 aliphatic heterocycles. The monoisotopic (exact) mass is 398 g/mol. The van der Waals surface area contributed by atoms with E-state index in [0.29, 0.717) is 25.6 Å². The summed E-state index contributed by atoms with van der Waals surface area (Å²) in [4.78, 5) is 11.0. The van der Waals surface area contributed by atoms with Crippen LogP contribution in [0.5, 0.6) is 11.6 Å². The van der Waals surface area contributed by atoms with Crippen LogP contribution in [0.1, 0.15) is 18.4 Å². The maximum Gasteiger partial charge on any atom is 0.213 e. The molecule has 0 saturated carbocycles. The van der Waals surface area contributed by atoms with Gasteiger partial charge in [-0.05, 0) is 17.7 Å². The number of benzene rings is 1. The molecule has 0 spiro atoms. The highest BCUT2D eigenvalue weighted by Crippen LogP contribution is 2.18. The number of nitrogens with zero attached hydrogens (tertiary/aromatic N) is 3. The van der Waals surface area contributed by atoms with Crippen LogP contribution in [0.4, 0.5) is 0 Å². The predicted molar refractivity (Wildman–Crippen MR) is 113 cm³/mol. The maximum absolute atomic E-state index is 6.08. The number of methoxy groups -OCH3 is 1. The van der Waals surface area contributed by atoms with E-state index < -0.39 is 0 Å². The van der Waals surface area contributed by atoms with Gasteiger partial charge < -0.3 is 24.4 Å². The minimum atomic E-state index is 0.251. The summed E-state index contributed by atoms with van der Waals surface area (Å²) in [6, 6.07) is 13.9. The zero-order chi connectivity index (χ0) is 20.3. The molecule has 29 heavy (non-hydrogen) atoms. The molecule has 1 aromatic carbocycles. The molecule has 3 rings (SSSR count). The lowest BCUT2D eigenvalue weighted by atomic mass is 10.1. The van der Waals surface area contributed by atoms with Gasteiger partial charge in [-0.15, -0.1) is 0 Å². The highest BCUT2D eigenvalue weighted by molar-refractivity contribution is 5.79. The summed E-state index contributed by atoms with van der Waals surface area (Å²) in [5, 5.41) is 3.43. The smallest absolute Gasteiger partial charge is 0.213 e. The Hall–Kier alpha value is -2.80. The van der Waals surface area contributed by atoms with Gasteiger partial charge in [0.15, 0.2) is 5.96 Å². The van der Waals surface area contributed by atoms with E-state index in [-0.39, 0.29) is 6.10 Å². The highest BCUT2D eigenvalue weighted by atomic mass is 16.5. The van der Waals surface area contributed by atoms with Crippen LogP contribution < -0.4 is 14.8 Å². The van der Waals surface area contributed by atoms with E-state index in [2.05, 4.69) is 20.2 Å². The second kappa shape index (κ2) is 11.3. The lowest BCUT2D eigenvalue weighted by Gasteiger charge is -2.34. The average Bonchev–Trinajstić information content (AvgIpc) is 2.77. The summed E-state index contributed by atoms with van der Waals surface area (Å²) in [7, 11) is 3.47. The molecule has 156 valence electrons. The van der Waals surface area contributed by atoms with Gasteiger partial charge in [-0.2, -0.15) is 0 Å². The lowest BCUT2D eigenvalue weighted by Crippen LogP contribution is -2.47. The molecule has 0 bridgehead atoms. The first-order valence-electron chi connectivity index (χ1n) is 10.0. The van der Waals surface area contributed by atoms with Crippen molar-refractivity contribution >= 4 is 5.96 Å². The summed E-state index contributed by atoms with van der Waals surface area (Å²) < 4.78 is 16.5. The summed E-state index contributed by atoms with van der Waals surface area (Å²) >= 11 is 0. The Balaban J connectivity index is 1.42. The highest BCUT2D eigenvalue weighted by Gasteiger charge is 2.22. The molecule has 7 heteroatoms. The first-order chi connectivity index (χ1) is 14.3. The zero-order valence-electron chi connectivity index (χ0n) is 17.2. The molecular formula is C22H30N4O3. The molecule has 2 aromatic rings. The number of guanidine groups is 1. The second-order valence-electron chi connectivity index (χ2n) is 6.86. The molecule has 1 aromatic heterocycles. The Morgan fingerprint density at radius 1 is 1.14 bits per heavy atom. The standard InChI is InChI=1S/C22H30N4O3/c1-23-22(25-17-18-8-9-21(24-16-18)28-15-14-27-2)26-12-10-20(11-13-26)29-19-6-4-3-5-7-19/h3-9,16,20H,10-15,17H2,1-2H3,(H,23,25). The van der Waals surface area contributed by atoms with Crippen LogP contribution in [-0.4, -0.2) is 62.4 Å². The van der Waals surface area contributed by atoms with Crippen LogP contribution in [0.15, 0.2) is 53.7 Å². The number of hydrogen-bond donors (Lipinski definition) is 1. The van der Waals surface area contributed by atoms with Crippen molar-refractivity contribution in [3.8, 4) is 11.6 Å². The lowest BCUT2D eigenvalue weighted by molar-refractivity contribution is 0.129. The van der Waals surface area contributed by atoms with Gasteiger partial charge in [-0.3, -0.25) is 4.99 Å².